The number of hydrogen-bond acceptors (Lipinski definition) is 5. The van der Waals surface area contributed by atoms with E-state index in [0.717, 1.165) is 36.7 Å². The van der Waals surface area contributed by atoms with E-state index in [4.69, 9.17) is 9.47 Å². The molecule has 22 heavy (non-hydrogen) atoms. The normalized spacial score (nSPS) is 14.6. The van der Waals surface area contributed by atoms with Gasteiger partial charge < -0.3 is 19.5 Å². The van der Waals surface area contributed by atoms with Gasteiger partial charge in [-0.2, -0.15) is 0 Å². The summed E-state index contributed by atoms with van der Waals surface area (Å²) in [5, 5.41) is 11.7. The van der Waals surface area contributed by atoms with Gasteiger partial charge in [-0.3, -0.25) is 0 Å². The molecule has 0 spiro atoms. The molecule has 0 fully saturated rings. The van der Waals surface area contributed by atoms with E-state index in [9.17, 15) is 5.11 Å². The summed E-state index contributed by atoms with van der Waals surface area (Å²) in [5.41, 5.74) is 1.10. The number of thiophene rings is 1. The van der Waals surface area contributed by atoms with Gasteiger partial charge in [0.25, 0.3) is 0 Å². The lowest BCUT2D eigenvalue weighted by atomic mass is 10.2. The third-order valence-electron chi connectivity index (χ3n) is 3.63. The SMILES string of the molecule is C[C@H](O)CCN(Cc1cccs1)c1ccc2c(c1)OCCO2. The van der Waals surface area contributed by atoms with Crippen molar-refractivity contribution in [3.63, 3.8) is 0 Å². The van der Waals surface area contributed by atoms with Crippen molar-refractivity contribution >= 4 is 17.0 Å². The molecule has 1 aliphatic heterocycles. The van der Waals surface area contributed by atoms with E-state index in [0.29, 0.717) is 13.2 Å². The summed E-state index contributed by atoms with van der Waals surface area (Å²) in [5.74, 6) is 1.61. The van der Waals surface area contributed by atoms with Crippen LogP contribution >= 0.6 is 11.3 Å². The fraction of sp³-hybridized carbons (Fsp3) is 0.412. The third-order valence-corrected chi connectivity index (χ3v) is 4.50. The van der Waals surface area contributed by atoms with Crippen LogP contribution in [0.2, 0.25) is 0 Å². The Balaban J connectivity index is 1.80. The Morgan fingerprint density at radius 3 is 2.77 bits per heavy atom. The van der Waals surface area contributed by atoms with E-state index in [1.54, 1.807) is 11.3 Å². The fourth-order valence-electron chi connectivity index (χ4n) is 2.46. The van der Waals surface area contributed by atoms with Gasteiger partial charge in [0.05, 0.1) is 12.6 Å². The minimum Gasteiger partial charge on any atom is -0.486 e. The Labute approximate surface area is 134 Å². The van der Waals surface area contributed by atoms with E-state index >= 15 is 0 Å². The summed E-state index contributed by atoms with van der Waals surface area (Å²) >= 11 is 1.75. The Morgan fingerprint density at radius 1 is 1.23 bits per heavy atom. The van der Waals surface area contributed by atoms with Crippen LogP contribution < -0.4 is 14.4 Å². The maximum Gasteiger partial charge on any atom is 0.163 e. The Hall–Kier alpha value is -1.72. The zero-order valence-electron chi connectivity index (χ0n) is 12.7. The molecule has 118 valence electrons. The van der Waals surface area contributed by atoms with Gasteiger partial charge in [0.15, 0.2) is 11.5 Å². The minimum atomic E-state index is -0.303. The number of benzene rings is 1. The highest BCUT2D eigenvalue weighted by Crippen LogP contribution is 2.34. The van der Waals surface area contributed by atoms with Gasteiger partial charge in [0, 0.05) is 23.2 Å². The van der Waals surface area contributed by atoms with Crippen molar-refractivity contribution in [2.45, 2.75) is 26.0 Å². The van der Waals surface area contributed by atoms with Crippen LogP contribution in [0.5, 0.6) is 11.5 Å². The van der Waals surface area contributed by atoms with Gasteiger partial charge in [-0.05, 0) is 36.9 Å². The lowest BCUT2D eigenvalue weighted by Crippen LogP contribution is -2.26. The van der Waals surface area contributed by atoms with E-state index in [2.05, 4.69) is 28.5 Å². The molecule has 1 N–H and O–H groups in total. The fourth-order valence-corrected chi connectivity index (χ4v) is 3.18. The second kappa shape index (κ2) is 7.03. The lowest BCUT2D eigenvalue weighted by Gasteiger charge is -2.27. The number of rotatable bonds is 6. The molecule has 2 aromatic rings. The number of fused-ring (bicyclic) bond motifs is 1. The van der Waals surface area contributed by atoms with Gasteiger partial charge in [0.1, 0.15) is 13.2 Å². The predicted molar refractivity (Wildman–Crippen MR) is 89.1 cm³/mol. The van der Waals surface area contributed by atoms with Crippen LogP contribution in [0.1, 0.15) is 18.2 Å². The quantitative estimate of drug-likeness (QED) is 0.887. The molecule has 0 radical (unpaired) electrons. The first-order chi connectivity index (χ1) is 10.7. The van der Waals surface area contributed by atoms with Gasteiger partial charge >= 0.3 is 0 Å². The van der Waals surface area contributed by atoms with E-state index in [1.165, 1.54) is 4.88 Å². The summed E-state index contributed by atoms with van der Waals surface area (Å²) in [6, 6.07) is 10.3. The van der Waals surface area contributed by atoms with Crippen LogP contribution in [0.4, 0.5) is 5.69 Å². The molecule has 1 atom stereocenters. The van der Waals surface area contributed by atoms with Crippen LogP contribution in [0.25, 0.3) is 0 Å². The van der Waals surface area contributed by atoms with Crippen molar-refractivity contribution in [3.8, 4) is 11.5 Å². The number of ether oxygens (including phenoxy) is 2. The van der Waals surface area contributed by atoms with Crippen molar-refractivity contribution in [1.29, 1.82) is 0 Å². The van der Waals surface area contributed by atoms with Gasteiger partial charge in [-0.15, -0.1) is 11.3 Å². The molecule has 4 nitrogen and oxygen atoms in total. The molecule has 0 saturated heterocycles. The molecule has 3 rings (SSSR count). The standard InChI is InChI=1S/C17H21NO3S/c1-13(19)6-7-18(12-15-3-2-10-22-15)14-4-5-16-17(11-14)21-9-8-20-16/h2-5,10-11,13,19H,6-9,12H2,1H3/t13-/m0/s1. The lowest BCUT2D eigenvalue weighted by molar-refractivity contribution is 0.171. The van der Waals surface area contributed by atoms with Crippen molar-refractivity contribution < 1.29 is 14.6 Å². The predicted octanol–water partition coefficient (Wildman–Crippen LogP) is 3.30. The number of aliphatic hydroxyl groups excluding tert-OH is 1. The first-order valence-corrected chi connectivity index (χ1v) is 8.45. The number of anilines is 1. The molecule has 0 unspecified atom stereocenters. The van der Waals surface area contributed by atoms with Crippen LogP contribution in [-0.2, 0) is 6.54 Å². The summed E-state index contributed by atoms with van der Waals surface area (Å²) < 4.78 is 11.3. The molecule has 5 heteroatoms. The average molecular weight is 319 g/mol. The molecular formula is C17H21NO3S. The second-order valence-electron chi connectivity index (χ2n) is 5.47. The van der Waals surface area contributed by atoms with Gasteiger partial charge in [-0.25, -0.2) is 0 Å². The molecular weight excluding hydrogens is 298 g/mol. The zero-order chi connectivity index (χ0) is 15.4. The number of aliphatic hydroxyl groups is 1. The Bertz CT molecular complexity index is 598. The topological polar surface area (TPSA) is 41.9 Å². The van der Waals surface area contributed by atoms with E-state index in [-0.39, 0.29) is 6.10 Å². The number of nitrogens with zero attached hydrogens (tertiary/aromatic N) is 1. The summed E-state index contributed by atoms with van der Waals surface area (Å²) in [7, 11) is 0. The first-order valence-electron chi connectivity index (χ1n) is 7.57. The highest BCUT2D eigenvalue weighted by Gasteiger charge is 2.16. The van der Waals surface area contributed by atoms with Gasteiger partial charge in [-0.1, -0.05) is 6.07 Å². The highest BCUT2D eigenvalue weighted by atomic mass is 32.1. The average Bonchev–Trinajstić information content (AvgIpc) is 3.04. The van der Waals surface area contributed by atoms with E-state index < -0.39 is 0 Å². The summed E-state index contributed by atoms with van der Waals surface area (Å²) in [6.45, 7) is 4.66. The van der Waals surface area contributed by atoms with Gasteiger partial charge in [0.2, 0.25) is 0 Å². The third kappa shape index (κ3) is 3.72. The molecule has 0 bridgehead atoms. The summed E-state index contributed by atoms with van der Waals surface area (Å²) in [6.07, 6.45) is 0.433. The monoisotopic (exact) mass is 319 g/mol. The van der Waals surface area contributed by atoms with Crippen LogP contribution in [-0.4, -0.2) is 31.0 Å². The van der Waals surface area contributed by atoms with Crippen molar-refractivity contribution in [1.82, 2.24) is 0 Å². The molecule has 0 saturated carbocycles. The van der Waals surface area contributed by atoms with Crippen molar-refractivity contribution in [2.75, 3.05) is 24.7 Å². The molecule has 0 amide bonds. The maximum atomic E-state index is 9.60. The molecule has 1 aromatic carbocycles. The number of hydrogen-bond donors (Lipinski definition) is 1. The molecule has 0 aliphatic carbocycles. The van der Waals surface area contributed by atoms with Crippen LogP contribution in [0, 0.1) is 0 Å². The van der Waals surface area contributed by atoms with Crippen LogP contribution in [0.15, 0.2) is 35.7 Å². The van der Waals surface area contributed by atoms with Crippen molar-refractivity contribution in [3.05, 3.63) is 40.6 Å². The minimum absolute atomic E-state index is 0.303. The zero-order valence-corrected chi connectivity index (χ0v) is 13.5. The summed E-state index contributed by atoms with van der Waals surface area (Å²) in [4.78, 5) is 3.58. The Morgan fingerprint density at radius 2 is 2.05 bits per heavy atom. The Kier molecular flexibility index (Phi) is 4.85. The first kappa shape index (κ1) is 15.2. The molecule has 1 aliphatic rings. The van der Waals surface area contributed by atoms with Crippen molar-refractivity contribution in [2.24, 2.45) is 0 Å². The molecule has 1 aromatic heterocycles. The molecule has 2 heterocycles. The largest absolute Gasteiger partial charge is 0.486 e. The smallest absolute Gasteiger partial charge is 0.163 e. The second-order valence-corrected chi connectivity index (χ2v) is 6.50. The maximum absolute atomic E-state index is 9.60. The highest BCUT2D eigenvalue weighted by molar-refractivity contribution is 7.09. The van der Waals surface area contributed by atoms with Crippen LogP contribution in [0.3, 0.4) is 0 Å². The van der Waals surface area contributed by atoms with E-state index in [1.807, 2.05) is 19.1 Å².